The van der Waals surface area contributed by atoms with Crippen LogP contribution in [0.5, 0.6) is 0 Å². The second-order valence-corrected chi connectivity index (χ2v) is 8.78. The first kappa shape index (κ1) is 17.8. The third kappa shape index (κ3) is 4.07. The Morgan fingerprint density at radius 1 is 1.43 bits per heavy atom. The molecule has 1 aromatic carbocycles. The zero-order chi connectivity index (χ0) is 17.2. The van der Waals surface area contributed by atoms with Gasteiger partial charge in [0.1, 0.15) is 0 Å². The predicted molar refractivity (Wildman–Crippen MR) is 92.1 cm³/mol. The van der Waals surface area contributed by atoms with E-state index in [9.17, 15) is 13.2 Å². The number of hydrogen-bond acceptors (Lipinski definition) is 5. The number of benzene rings is 1. The van der Waals surface area contributed by atoms with E-state index in [1.807, 2.05) is 20.8 Å². The highest BCUT2D eigenvalue weighted by Crippen LogP contribution is 2.25. The minimum Gasteiger partial charge on any atom is -0.353 e. The van der Waals surface area contributed by atoms with Gasteiger partial charge in [-0.15, -0.1) is 11.3 Å². The molecule has 0 saturated heterocycles. The van der Waals surface area contributed by atoms with E-state index in [0.717, 1.165) is 26.0 Å². The monoisotopic (exact) mass is 355 g/mol. The van der Waals surface area contributed by atoms with Crippen molar-refractivity contribution in [3.8, 4) is 0 Å². The van der Waals surface area contributed by atoms with Crippen LogP contribution in [-0.4, -0.2) is 43.2 Å². The van der Waals surface area contributed by atoms with E-state index in [1.165, 1.54) is 24.5 Å². The molecule has 0 aliphatic rings. The molecule has 2 rings (SSSR count). The van der Waals surface area contributed by atoms with Crippen LogP contribution in [0.4, 0.5) is 0 Å². The molecule has 0 unspecified atom stereocenters. The Morgan fingerprint density at radius 3 is 2.78 bits per heavy atom. The van der Waals surface area contributed by atoms with Crippen molar-refractivity contribution < 1.29 is 13.2 Å². The first-order valence-electron chi connectivity index (χ1n) is 7.37. The quantitative estimate of drug-likeness (QED) is 0.861. The number of thiazole rings is 1. The van der Waals surface area contributed by atoms with Crippen LogP contribution in [0, 0.1) is 6.92 Å². The van der Waals surface area contributed by atoms with Crippen LogP contribution in [0.2, 0.25) is 0 Å². The third-order valence-electron chi connectivity index (χ3n) is 3.56. The Labute approximate surface area is 140 Å². The summed E-state index contributed by atoms with van der Waals surface area (Å²) >= 11 is 1.45. The number of sulfonamides is 1. The molecule has 23 heavy (non-hydrogen) atoms. The minimum absolute atomic E-state index is 0.0233. The van der Waals surface area contributed by atoms with E-state index in [-0.39, 0.29) is 23.4 Å². The smallest absolute Gasteiger partial charge is 0.243 e. The van der Waals surface area contributed by atoms with Gasteiger partial charge in [0.05, 0.1) is 26.7 Å². The molecule has 0 saturated carbocycles. The van der Waals surface area contributed by atoms with Crippen molar-refractivity contribution in [2.24, 2.45) is 0 Å². The van der Waals surface area contributed by atoms with Gasteiger partial charge in [0, 0.05) is 13.1 Å². The summed E-state index contributed by atoms with van der Waals surface area (Å²) in [5.41, 5.74) is 0.781. The highest BCUT2D eigenvalue weighted by Gasteiger charge is 2.24. The lowest BCUT2D eigenvalue weighted by Crippen LogP contribution is -2.41. The number of carbonyl (C=O) groups is 1. The fraction of sp³-hybridized carbons (Fsp3) is 0.467. The second-order valence-electron chi connectivity index (χ2n) is 5.50. The Kier molecular flexibility index (Phi) is 5.38. The van der Waals surface area contributed by atoms with Gasteiger partial charge in [-0.3, -0.25) is 4.79 Å². The summed E-state index contributed by atoms with van der Waals surface area (Å²) in [6.45, 7) is 5.51. The van der Waals surface area contributed by atoms with Crippen LogP contribution >= 0.6 is 11.3 Å². The fourth-order valence-electron chi connectivity index (χ4n) is 2.07. The van der Waals surface area contributed by atoms with Crippen molar-refractivity contribution in [3.05, 3.63) is 23.2 Å². The average Bonchev–Trinajstić information content (AvgIpc) is 2.85. The van der Waals surface area contributed by atoms with E-state index < -0.39 is 10.0 Å². The number of aromatic nitrogens is 1. The number of hydrogen-bond donors (Lipinski definition) is 1. The summed E-state index contributed by atoms with van der Waals surface area (Å²) in [4.78, 5) is 16.4. The average molecular weight is 355 g/mol. The number of carbonyl (C=O) groups excluding carboxylic acids is 1. The molecule has 2 aromatic rings. The zero-order valence-corrected chi connectivity index (χ0v) is 15.3. The van der Waals surface area contributed by atoms with Gasteiger partial charge in [0.2, 0.25) is 15.9 Å². The summed E-state index contributed by atoms with van der Waals surface area (Å²) < 4.78 is 27.1. The molecule has 0 aliphatic carbocycles. The summed E-state index contributed by atoms with van der Waals surface area (Å²) in [6.07, 6.45) is 0.795. The van der Waals surface area contributed by atoms with Gasteiger partial charge < -0.3 is 5.32 Å². The summed E-state index contributed by atoms with van der Waals surface area (Å²) in [5.74, 6) is -0.305. The van der Waals surface area contributed by atoms with Crippen LogP contribution < -0.4 is 5.32 Å². The van der Waals surface area contributed by atoms with E-state index in [2.05, 4.69) is 10.3 Å². The van der Waals surface area contributed by atoms with Gasteiger partial charge in [0.15, 0.2) is 0 Å². The first-order chi connectivity index (χ1) is 10.7. The topological polar surface area (TPSA) is 79.4 Å². The Bertz CT molecular complexity index is 814. The fourth-order valence-corrected chi connectivity index (χ4v) is 4.17. The first-order valence-corrected chi connectivity index (χ1v) is 9.62. The van der Waals surface area contributed by atoms with Crippen LogP contribution in [0.3, 0.4) is 0 Å². The number of nitrogens with zero attached hydrogens (tertiary/aromatic N) is 2. The number of aryl methyl sites for hydroxylation is 1. The molecule has 1 aromatic heterocycles. The Balaban J connectivity index is 2.19. The summed E-state index contributed by atoms with van der Waals surface area (Å²) in [7, 11) is -2.30. The SMILES string of the molecule is CC[C@@H](C)NC(=O)CN(C)S(=O)(=O)c1ccc2nc(C)sc2c1. The standard InChI is InChI=1S/C15H21N3O3S2/c1-5-10(2)16-15(19)9-18(4)23(20,21)12-6-7-13-14(8-12)22-11(3)17-13/h6-8,10H,5,9H2,1-4H3,(H,16,19)/t10-/m1/s1. The van der Waals surface area contributed by atoms with Crippen LogP contribution in [0.15, 0.2) is 23.1 Å². The predicted octanol–water partition coefficient (Wildman–Crippen LogP) is 2.14. The lowest BCUT2D eigenvalue weighted by Gasteiger charge is -2.18. The number of fused-ring (bicyclic) bond motifs is 1. The van der Waals surface area contributed by atoms with Gasteiger partial charge in [0.25, 0.3) is 0 Å². The van der Waals surface area contributed by atoms with Gasteiger partial charge in [-0.05, 0) is 38.5 Å². The van der Waals surface area contributed by atoms with Crippen molar-refractivity contribution >= 4 is 37.5 Å². The molecule has 8 heteroatoms. The van der Waals surface area contributed by atoms with E-state index in [4.69, 9.17) is 0 Å². The molecular formula is C15H21N3O3S2. The molecule has 1 N–H and O–H groups in total. The van der Waals surface area contributed by atoms with Crippen molar-refractivity contribution in [3.63, 3.8) is 0 Å². The summed E-state index contributed by atoms with van der Waals surface area (Å²) in [6, 6.07) is 4.85. The van der Waals surface area contributed by atoms with Crippen molar-refractivity contribution in [2.75, 3.05) is 13.6 Å². The lowest BCUT2D eigenvalue weighted by atomic mass is 10.2. The minimum atomic E-state index is -3.71. The molecule has 1 heterocycles. The van der Waals surface area contributed by atoms with Gasteiger partial charge in [-0.1, -0.05) is 6.92 Å². The normalized spacial score (nSPS) is 13.4. The molecular weight excluding hydrogens is 334 g/mol. The van der Waals surface area contributed by atoms with Crippen LogP contribution in [0.1, 0.15) is 25.3 Å². The molecule has 126 valence electrons. The molecule has 0 bridgehead atoms. The van der Waals surface area contributed by atoms with E-state index in [1.54, 1.807) is 12.1 Å². The van der Waals surface area contributed by atoms with Gasteiger partial charge in [-0.2, -0.15) is 4.31 Å². The second kappa shape index (κ2) is 6.94. The van der Waals surface area contributed by atoms with Crippen molar-refractivity contribution in [1.29, 1.82) is 0 Å². The lowest BCUT2D eigenvalue weighted by molar-refractivity contribution is -0.121. The van der Waals surface area contributed by atoms with Crippen LogP contribution in [0.25, 0.3) is 10.2 Å². The highest BCUT2D eigenvalue weighted by atomic mass is 32.2. The van der Waals surface area contributed by atoms with Gasteiger partial charge in [-0.25, -0.2) is 13.4 Å². The van der Waals surface area contributed by atoms with E-state index in [0.29, 0.717) is 0 Å². The number of likely N-dealkylation sites (N-methyl/N-ethyl adjacent to an activating group) is 1. The molecule has 0 aliphatic heterocycles. The Morgan fingerprint density at radius 2 is 2.13 bits per heavy atom. The molecule has 0 spiro atoms. The molecule has 1 amide bonds. The van der Waals surface area contributed by atoms with Crippen LogP contribution in [-0.2, 0) is 14.8 Å². The van der Waals surface area contributed by atoms with E-state index >= 15 is 0 Å². The molecule has 0 fully saturated rings. The maximum atomic E-state index is 12.6. The molecule has 1 atom stereocenters. The Hall–Kier alpha value is -1.51. The number of nitrogens with one attached hydrogen (secondary N) is 1. The highest BCUT2D eigenvalue weighted by molar-refractivity contribution is 7.89. The largest absolute Gasteiger partial charge is 0.353 e. The zero-order valence-electron chi connectivity index (χ0n) is 13.7. The number of rotatable bonds is 6. The number of amides is 1. The molecule has 0 radical (unpaired) electrons. The molecule has 6 nitrogen and oxygen atoms in total. The maximum absolute atomic E-state index is 12.6. The van der Waals surface area contributed by atoms with Gasteiger partial charge >= 0.3 is 0 Å². The van der Waals surface area contributed by atoms with Crippen molar-refractivity contribution in [1.82, 2.24) is 14.6 Å². The maximum Gasteiger partial charge on any atom is 0.243 e. The summed E-state index contributed by atoms with van der Waals surface area (Å²) in [5, 5.41) is 3.65. The van der Waals surface area contributed by atoms with Crippen molar-refractivity contribution in [2.45, 2.75) is 38.1 Å². The third-order valence-corrected chi connectivity index (χ3v) is 6.29.